The number of nitrogens with zero attached hydrogens (tertiary/aromatic N) is 3. The van der Waals surface area contributed by atoms with Gasteiger partial charge in [0.15, 0.2) is 11.0 Å². The second kappa shape index (κ2) is 9.71. The summed E-state index contributed by atoms with van der Waals surface area (Å²) in [4.78, 5) is 12.3. The Kier molecular flexibility index (Phi) is 7.06. The first-order chi connectivity index (χ1) is 14.0. The quantitative estimate of drug-likeness (QED) is 0.572. The molecule has 2 aromatic carbocycles. The van der Waals surface area contributed by atoms with E-state index >= 15 is 0 Å². The minimum atomic E-state index is -0.0598. The van der Waals surface area contributed by atoms with E-state index in [1.807, 2.05) is 41.8 Å². The van der Waals surface area contributed by atoms with Crippen molar-refractivity contribution in [1.29, 1.82) is 0 Å². The second-order valence-electron chi connectivity index (χ2n) is 6.99. The van der Waals surface area contributed by atoms with E-state index in [0.717, 1.165) is 17.1 Å². The van der Waals surface area contributed by atoms with Crippen LogP contribution in [-0.4, -0.2) is 46.2 Å². The fourth-order valence-electron chi connectivity index (χ4n) is 2.97. The number of aryl methyl sites for hydroxylation is 2. The van der Waals surface area contributed by atoms with Gasteiger partial charge in [0.05, 0.1) is 18.0 Å². The number of benzene rings is 2. The minimum absolute atomic E-state index is 0.0365. The van der Waals surface area contributed by atoms with Gasteiger partial charge in [0, 0.05) is 18.7 Å². The van der Waals surface area contributed by atoms with Crippen LogP contribution >= 0.6 is 11.8 Å². The van der Waals surface area contributed by atoms with Gasteiger partial charge in [-0.2, -0.15) is 0 Å². The third-order valence-electron chi connectivity index (χ3n) is 4.57. The van der Waals surface area contributed by atoms with Crippen LogP contribution in [0.2, 0.25) is 0 Å². The molecular formula is C22H26N4O2S. The molecule has 3 rings (SSSR count). The van der Waals surface area contributed by atoms with Gasteiger partial charge in [0.2, 0.25) is 5.91 Å². The summed E-state index contributed by atoms with van der Waals surface area (Å²) in [5, 5.41) is 12.4. The molecule has 1 heterocycles. The fraction of sp³-hybridized carbons (Fsp3) is 0.318. The van der Waals surface area contributed by atoms with Crippen molar-refractivity contribution in [3.05, 3.63) is 59.7 Å². The van der Waals surface area contributed by atoms with Crippen LogP contribution in [0.1, 0.15) is 18.1 Å². The number of amides is 1. The van der Waals surface area contributed by atoms with E-state index in [1.54, 1.807) is 7.11 Å². The molecule has 152 valence electrons. The highest BCUT2D eigenvalue weighted by atomic mass is 32.2. The molecule has 0 saturated carbocycles. The van der Waals surface area contributed by atoms with Crippen LogP contribution in [0.3, 0.4) is 0 Å². The molecule has 1 aromatic heterocycles. The molecule has 0 aliphatic rings. The number of carbonyl (C=O) groups is 1. The largest absolute Gasteiger partial charge is 0.383 e. The zero-order valence-corrected chi connectivity index (χ0v) is 18.0. The molecule has 29 heavy (non-hydrogen) atoms. The van der Waals surface area contributed by atoms with Crippen LogP contribution in [0.15, 0.2) is 53.7 Å². The average Bonchev–Trinajstić information content (AvgIpc) is 3.13. The molecule has 0 bridgehead atoms. The van der Waals surface area contributed by atoms with Crippen LogP contribution in [0, 0.1) is 13.8 Å². The maximum absolute atomic E-state index is 12.3. The molecule has 0 fully saturated rings. The monoisotopic (exact) mass is 410 g/mol. The first-order valence-electron chi connectivity index (χ1n) is 9.49. The number of rotatable bonds is 8. The van der Waals surface area contributed by atoms with Crippen molar-refractivity contribution in [2.24, 2.45) is 0 Å². The molecule has 0 spiro atoms. The lowest BCUT2D eigenvalue weighted by Crippen LogP contribution is -2.36. The third kappa shape index (κ3) is 5.25. The molecule has 7 heteroatoms. The maximum Gasteiger partial charge on any atom is 0.230 e. The average molecular weight is 411 g/mol. The Hall–Kier alpha value is -2.64. The lowest BCUT2D eigenvalue weighted by Gasteiger charge is -2.14. The maximum atomic E-state index is 12.3. The summed E-state index contributed by atoms with van der Waals surface area (Å²) in [6.07, 6.45) is 0. The van der Waals surface area contributed by atoms with E-state index in [-0.39, 0.29) is 17.7 Å². The van der Waals surface area contributed by atoms with Crippen molar-refractivity contribution in [2.75, 3.05) is 19.5 Å². The lowest BCUT2D eigenvalue weighted by molar-refractivity contribution is -0.119. The van der Waals surface area contributed by atoms with E-state index in [1.165, 1.54) is 22.9 Å². The summed E-state index contributed by atoms with van der Waals surface area (Å²) in [6, 6.07) is 16.2. The van der Waals surface area contributed by atoms with Gasteiger partial charge >= 0.3 is 0 Å². The molecule has 0 aliphatic heterocycles. The van der Waals surface area contributed by atoms with E-state index in [2.05, 4.69) is 47.6 Å². The van der Waals surface area contributed by atoms with Crippen molar-refractivity contribution in [3.63, 3.8) is 0 Å². The summed E-state index contributed by atoms with van der Waals surface area (Å²) < 4.78 is 7.08. The molecule has 0 aliphatic carbocycles. The zero-order chi connectivity index (χ0) is 20.8. The van der Waals surface area contributed by atoms with E-state index in [4.69, 9.17) is 4.74 Å². The van der Waals surface area contributed by atoms with Crippen LogP contribution in [0.4, 0.5) is 0 Å². The third-order valence-corrected chi connectivity index (χ3v) is 5.50. The molecule has 1 amide bonds. The van der Waals surface area contributed by atoms with Crippen molar-refractivity contribution >= 4 is 17.7 Å². The number of ether oxygens (including phenoxy) is 1. The first-order valence-corrected chi connectivity index (χ1v) is 10.5. The zero-order valence-electron chi connectivity index (χ0n) is 17.2. The minimum Gasteiger partial charge on any atom is -0.383 e. The highest BCUT2D eigenvalue weighted by Gasteiger charge is 2.18. The number of thioether (sulfide) groups is 1. The predicted molar refractivity (Wildman–Crippen MR) is 116 cm³/mol. The molecule has 1 unspecified atom stereocenters. The molecule has 1 N–H and O–H groups in total. The Bertz CT molecular complexity index is 972. The van der Waals surface area contributed by atoms with E-state index < -0.39 is 0 Å². The molecule has 0 radical (unpaired) electrons. The van der Waals surface area contributed by atoms with Gasteiger partial charge in [-0.15, -0.1) is 10.2 Å². The van der Waals surface area contributed by atoms with Crippen LogP contribution in [0.5, 0.6) is 0 Å². The summed E-state index contributed by atoms with van der Waals surface area (Å²) in [7, 11) is 1.62. The Morgan fingerprint density at radius 2 is 1.90 bits per heavy atom. The fourth-order valence-corrected chi connectivity index (χ4v) is 3.74. The summed E-state index contributed by atoms with van der Waals surface area (Å²) >= 11 is 1.37. The van der Waals surface area contributed by atoms with Gasteiger partial charge in [-0.3, -0.25) is 9.36 Å². The standard InChI is InChI=1S/C22H26N4O2S/c1-15-10-11-19(12-16(15)2)26-21(18-8-6-5-7-9-18)24-25-22(26)29-14-20(27)23-17(3)13-28-4/h5-12,17H,13-14H2,1-4H3,(H,23,27). The molecule has 1 atom stereocenters. The SMILES string of the molecule is COCC(C)NC(=O)CSc1nnc(-c2ccccc2)n1-c1ccc(C)c(C)c1. The van der Waals surface area contributed by atoms with E-state index in [9.17, 15) is 4.79 Å². The molecule has 3 aromatic rings. The smallest absolute Gasteiger partial charge is 0.230 e. The van der Waals surface area contributed by atoms with Crippen molar-refractivity contribution in [1.82, 2.24) is 20.1 Å². The Labute approximate surface area is 175 Å². The highest BCUT2D eigenvalue weighted by molar-refractivity contribution is 7.99. The van der Waals surface area contributed by atoms with Gasteiger partial charge in [0.1, 0.15) is 0 Å². The topological polar surface area (TPSA) is 69.0 Å². The van der Waals surface area contributed by atoms with Crippen molar-refractivity contribution in [3.8, 4) is 17.1 Å². The Morgan fingerprint density at radius 1 is 1.14 bits per heavy atom. The number of hydrogen-bond acceptors (Lipinski definition) is 5. The molecular weight excluding hydrogens is 384 g/mol. The summed E-state index contributed by atoms with van der Waals surface area (Å²) in [5.74, 6) is 0.950. The number of nitrogens with one attached hydrogen (secondary N) is 1. The summed E-state index contributed by atoms with van der Waals surface area (Å²) in [6.45, 7) is 6.57. The lowest BCUT2D eigenvalue weighted by atomic mass is 10.1. The van der Waals surface area contributed by atoms with E-state index in [0.29, 0.717) is 11.8 Å². The molecule has 0 saturated heterocycles. The Morgan fingerprint density at radius 3 is 2.59 bits per heavy atom. The number of carbonyl (C=O) groups excluding carboxylic acids is 1. The highest BCUT2D eigenvalue weighted by Crippen LogP contribution is 2.28. The number of hydrogen-bond donors (Lipinski definition) is 1. The normalized spacial score (nSPS) is 12.0. The summed E-state index contributed by atoms with van der Waals surface area (Å²) in [5.41, 5.74) is 4.37. The van der Waals surface area contributed by atoms with Crippen molar-refractivity contribution in [2.45, 2.75) is 32.0 Å². The number of aromatic nitrogens is 3. The predicted octanol–water partition coefficient (Wildman–Crippen LogP) is 3.79. The van der Waals surface area contributed by atoms with Gasteiger partial charge in [0.25, 0.3) is 0 Å². The van der Waals surface area contributed by atoms with Crippen LogP contribution in [-0.2, 0) is 9.53 Å². The van der Waals surface area contributed by atoms with Crippen LogP contribution in [0.25, 0.3) is 17.1 Å². The van der Waals surface area contributed by atoms with Gasteiger partial charge in [-0.25, -0.2) is 0 Å². The Balaban J connectivity index is 1.90. The number of methoxy groups -OCH3 is 1. The van der Waals surface area contributed by atoms with Crippen molar-refractivity contribution < 1.29 is 9.53 Å². The van der Waals surface area contributed by atoms with Crippen LogP contribution < -0.4 is 5.32 Å². The van der Waals surface area contributed by atoms with Gasteiger partial charge < -0.3 is 10.1 Å². The molecule has 6 nitrogen and oxygen atoms in total. The first kappa shape index (κ1) is 21.1. The second-order valence-corrected chi connectivity index (χ2v) is 7.93. The van der Waals surface area contributed by atoms with Gasteiger partial charge in [-0.1, -0.05) is 48.2 Å². The van der Waals surface area contributed by atoms with Gasteiger partial charge in [-0.05, 0) is 44.0 Å².